The summed E-state index contributed by atoms with van der Waals surface area (Å²) in [6, 6.07) is 0.447. The Morgan fingerprint density at radius 1 is 1.32 bits per heavy atom. The van der Waals surface area contributed by atoms with Crippen molar-refractivity contribution in [3.8, 4) is 0 Å². The molecule has 0 aromatic heterocycles. The lowest BCUT2D eigenvalue weighted by Gasteiger charge is -2.48. The van der Waals surface area contributed by atoms with Crippen molar-refractivity contribution in [2.75, 3.05) is 26.2 Å². The van der Waals surface area contributed by atoms with E-state index in [1.807, 2.05) is 16.7 Å². The number of rotatable bonds is 4. The summed E-state index contributed by atoms with van der Waals surface area (Å²) in [5.74, 6) is 0.529. The van der Waals surface area contributed by atoms with Crippen LogP contribution < -0.4 is 5.32 Å². The normalized spacial score (nSPS) is 24.5. The highest BCUT2D eigenvalue weighted by atomic mass is 16.2. The highest BCUT2D eigenvalue weighted by molar-refractivity contribution is 5.75. The van der Waals surface area contributed by atoms with E-state index in [2.05, 4.69) is 19.2 Å². The van der Waals surface area contributed by atoms with Crippen LogP contribution in [0.3, 0.4) is 0 Å². The first-order valence-electron chi connectivity index (χ1n) is 8.62. The van der Waals surface area contributed by atoms with Crippen LogP contribution in [-0.2, 0) is 4.79 Å². The molecule has 1 saturated heterocycles. The van der Waals surface area contributed by atoms with E-state index >= 15 is 0 Å². The van der Waals surface area contributed by atoms with Gasteiger partial charge in [-0.25, -0.2) is 4.79 Å². The molecular formula is C17H31N3O2. The maximum atomic E-state index is 12.4. The number of nitrogens with one attached hydrogen (secondary N) is 1. The molecule has 1 atom stereocenters. The number of amides is 3. The van der Waals surface area contributed by atoms with Crippen LogP contribution in [-0.4, -0.2) is 54.0 Å². The maximum absolute atomic E-state index is 12.4. The van der Waals surface area contributed by atoms with E-state index in [4.69, 9.17) is 0 Å². The standard InChI is InChI=1S/C17H31N3O2/c1-5-20(15-9-17(3,4)10-15)16(22)18-11-14-7-6-8-19(12-14)13(2)21/h14-15H,5-12H2,1-4H3,(H,18,22). The summed E-state index contributed by atoms with van der Waals surface area (Å²) >= 11 is 0. The zero-order chi connectivity index (χ0) is 16.3. The Hall–Kier alpha value is -1.26. The molecule has 2 fully saturated rings. The fourth-order valence-corrected chi connectivity index (χ4v) is 3.85. The van der Waals surface area contributed by atoms with Gasteiger partial charge in [0.1, 0.15) is 0 Å². The number of hydrogen-bond donors (Lipinski definition) is 1. The molecule has 5 nitrogen and oxygen atoms in total. The van der Waals surface area contributed by atoms with Gasteiger partial charge >= 0.3 is 6.03 Å². The Labute approximate surface area is 134 Å². The second-order valence-electron chi connectivity index (χ2n) is 7.67. The average molecular weight is 309 g/mol. The van der Waals surface area contributed by atoms with Gasteiger partial charge in [0, 0.05) is 39.1 Å². The molecule has 2 rings (SSSR count). The third kappa shape index (κ3) is 4.14. The minimum absolute atomic E-state index is 0.0583. The zero-order valence-electron chi connectivity index (χ0n) is 14.5. The molecule has 1 heterocycles. The largest absolute Gasteiger partial charge is 0.343 e. The zero-order valence-corrected chi connectivity index (χ0v) is 14.5. The molecule has 22 heavy (non-hydrogen) atoms. The van der Waals surface area contributed by atoms with Crippen molar-refractivity contribution < 1.29 is 9.59 Å². The molecule has 1 aliphatic carbocycles. The number of piperidine rings is 1. The van der Waals surface area contributed by atoms with Crippen LogP contribution in [0.5, 0.6) is 0 Å². The highest BCUT2D eigenvalue weighted by Crippen LogP contribution is 2.42. The average Bonchev–Trinajstić information content (AvgIpc) is 2.44. The lowest BCUT2D eigenvalue weighted by Crippen LogP contribution is -2.54. The quantitative estimate of drug-likeness (QED) is 0.867. The van der Waals surface area contributed by atoms with E-state index in [1.54, 1.807) is 6.92 Å². The van der Waals surface area contributed by atoms with Crippen LogP contribution in [0.1, 0.15) is 53.4 Å². The molecule has 0 spiro atoms. The van der Waals surface area contributed by atoms with Crippen molar-refractivity contribution in [2.24, 2.45) is 11.3 Å². The van der Waals surface area contributed by atoms with Gasteiger partial charge in [0.05, 0.1) is 0 Å². The van der Waals surface area contributed by atoms with Crippen LogP contribution >= 0.6 is 0 Å². The van der Waals surface area contributed by atoms with Crippen molar-refractivity contribution in [1.29, 1.82) is 0 Å². The summed E-state index contributed by atoms with van der Waals surface area (Å²) in [5, 5.41) is 3.09. The van der Waals surface area contributed by atoms with Gasteiger partial charge < -0.3 is 15.1 Å². The maximum Gasteiger partial charge on any atom is 0.317 e. The molecule has 0 radical (unpaired) electrons. The minimum atomic E-state index is 0.0583. The van der Waals surface area contributed by atoms with E-state index in [0.717, 1.165) is 45.3 Å². The Balaban J connectivity index is 1.77. The number of carbonyl (C=O) groups excluding carboxylic acids is 2. The SMILES string of the molecule is CCN(C(=O)NCC1CCCN(C(C)=O)C1)C1CC(C)(C)C1. The second-order valence-corrected chi connectivity index (χ2v) is 7.67. The first-order valence-corrected chi connectivity index (χ1v) is 8.62. The first-order chi connectivity index (χ1) is 10.3. The van der Waals surface area contributed by atoms with Gasteiger partial charge in [-0.05, 0) is 43.9 Å². The van der Waals surface area contributed by atoms with Gasteiger partial charge in [-0.2, -0.15) is 0 Å². The van der Waals surface area contributed by atoms with Gasteiger partial charge in [-0.15, -0.1) is 0 Å². The van der Waals surface area contributed by atoms with Gasteiger partial charge in [0.2, 0.25) is 5.91 Å². The second kappa shape index (κ2) is 6.88. The third-order valence-electron chi connectivity index (χ3n) is 5.13. The molecule has 0 aromatic rings. The number of carbonyl (C=O) groups is 2. The molecule has 1 N–H and O–H groups in total. The number of urea groups is 1. The van der Waals surface area contributed by atoms with E-state index in [0.29, 0.717) is 23.9 Å². The van der Waals surface area contributed by atoms with Crippen molar-refractivity contribution in [3.63, 3.8) is 0 Å². The monoisotopic (exact) mass is 309 g/mol. The van der Waals surface area contributed by atoms with E-state index in [1.165, 1.54) is 0 Å². The fraction of sp³-hybridized carbons (Fsp3) is 0.882. The van der Waals surface area contributed by atoms with E-state index < -0.39 is 0 Å². The van der Waals surface area contributed by atoms with E-state index in [9.17, 15) is 9.59 Å². The number of likely N-dealkylation sites (tertiary alicyclic amines) is 1. The summed E-state index contributed by atoms with van der Waals surface area (Å²) in [6.45, 7) is 11.3. The highest BCUT2D eigenvalue weighted by Gasteiger charge is 2.40. The van der Waals surface area contributed by atoms with Crippen molar-refractivity contribution in [3.05, 3.63) is 0 Å². The predicted octanol–water partition coefficient (Wildman–Crippen LogP) is 2.46. The number of hydrogen-bond acceptors (Lipinski definition) is 2. The predicted molar refractivity (Wildman–Crippen MR) is 87.6 cm³/mol. The van der Waals surface area contributed by atoms with E-state index in [-0.39, 0.29) is 11.9 Å². The molecule has 0 aromatic carbocycles. The lowest BCUT2D eigenvalue weighted by atomic mass is 9.68. The molecule has 3 amide bonds. The van der Waals surface area contributed by atoms with Gasteiger partial charge in [0.25, 0.3) is 0 Å². The molecule has 0 bridgehead atoms. The summed E-state index contributed by atoms with van der Waals surface area (Å²) in [5.41, 5.74) is 0.379. The van der Waals surface area contributed by atoms with Crippen LogP contribution in [0.15, 0.2) is 0 Å². The molecule has 2 aliphatic rings. The van der Waals surface area contributed by atoms with Crippen LogP contribution in [0.25, 0.3) is 0 Å². The molecule has 5 heteroatoms. The summed E-state index contributed by atoms with van der Waals surface area (Å²) in [4.78, 5) is 27.7. The summed E-state index contributed by atoms with van der Waals surface area (Å²) in [6.07, 6.45) is 4.31. The van der Waals surface area contributed by atoms with Crippen molar-refractivity contribution in [1.82, 2.24) is 15.1 Å². The Kier molecular flexibility index (Phi) is 5.35. The smallest absolute Gasteiger partial charge is 0.317 e. The Bertz CT molecular complexity index is 414. The fourth-order valence-electron chi connectivity index (χ4n) is 3.85. The van der Waals surface area contributed by atoms with Crippen LogP contribution in [0, 0.1) is 11.3 Å². The Morgan fingerprint density at radius 3 is 2.55 bits per heavy atom. The topological polar surface area (TPSA) is 52.7 Å². The van der Waals surface area contributed by atoms with Gasteiger partial charge in [-0.1, -0.05) is 13.8 Å². The van der Waals surface area contributed by atoms with Crippen molar-refractivity contribution in [2.45, 2.75) is 59.4 Å². The molecule has 1 unspecified atom stereocenters. The third-order valence-corrected chi connectivity index (χ3v) is 5.13. The van der Waals surface area contributed by atoms with Crippen LogP contribution in [0.4, 0.5) is 4.79 Å². The summed E-state index contributed by atoms with van der Waals surface area (Å²) in [7, 11) is 0. The van der Waals surface area contributed by atoms with Crippen molar-refractivity contribution >= 4 is 11.9 Å². The minimum Gasteiger partial charge on any atom is -0.343 e. The van der Waals surface area contributed by atoms with Gasteiger partial charge in [0.15, 0.2) is 0 Å². The summed E-state index contributed by atoms with van der Waals surface area (Å²) < 4.78 is 0. The molecular weight excluding hydrogens is 278 g/mol. The molecule has 1 saturated carbocycles. The molecule has 126 valence electrons. The Morgan fingerprint density at radius 2 is 2.00 bits per heavy atom. The number of nitrogens with zero attached hydrogens (tertiary/aromatic N) is 2. The lowest BCUT2D eigenvalue weighted by molar-refractivity contribution is -0.130. The van der Waals surface area contributed by atoms with Crippen LogP contribution in [0.2, 0.25) is 0 Å². The molecule has 1 aliphatic heterocycles. The van der Waals surface area contributed by atoms with Gasteiger partial charge in [-0.3, -0.25) is 4.79 Å². The first kappa shape index (κ1) is 17.1.